The summed E-state index contributed by atoms with van der Waals surface area (Å²) >= 11 is 1.42. The third-order valence-corrected chi connectivity index (χ3v) is 5.50. The lowest BCUT2D eigenvalue weighted by atomic mass is 9.89. The number of hydrogen-bond donors (Lipinski definition) is 1. The third-order valence-electron chi connectivity index (χ3n) is 4.51. The highest BCUT2D eigenvalue weighted by Crippen LogP contribution is 2.28. The van der Waals surface area contributed by atoms with E-state index in [0.717, 1.165) is 36.5 Å². The SMILES string of the molecule is Cc1cccc([C@H]2CCCN(C(=O)Cc3sc(N)nc3C)C2)c1. The number of thiazole rings is 1. The lowest BCUT2D eigenvalue weighted by molar-refractivity contribution is -0.131. The van der Waals surface area contributed by atoms with E-state index in [9.17, 15) is 4.79 Å². The molecule has 0 bridgehead atoms. The second-order valence-electron chi connectivity index (χ2n) is 6.33. The molecule has 1 aromatic carbocycles. The molecule has 1 aromatic heterocycles. The number of aryl methyl sites for hydroxylation is 2. The van der Waals surface area contributed by atoms with Crippen molar-refractivity contribution in [2.24, 2.45) is 0 Å². The van der Waals surface area contributed by atoms with Crippen LogP contribution in [-0.4, -0.2) is 28.9 Å². The van der Waals surface area contributed by atoms with Gasteiger partial charge in [0.05, 0.1) is 12.1 Å². The Hall–Kier alpha value is -1.88. The highest BCUT2D eigenvalue weighted by atomic mass is 32.1. The van der Waals surface area contributed by atoms with E-state index in [2.05, 4.69) is 36.2 Å². The van der Waals surface area contributed by atoms with Crippen molar-refractivity contribution in [1.29, 1.82) is 0 Å². The molecular formula is C18H23N3OS. The predicted molar refractivity (Wildman–Crippen MR) is 94.7 cm³/mol. The van der Waals surface area contributed by atoms with Gasteiger partial charge in [0.25, 0.3) is 0 Å². The van der Waals surface area contributed by atoms with Gasteiger partial charge in [0.15, 0.2) is 5.13 Å². The maximum Gasteiger partial charge on any atom is 0.227 e. The van der Waals surface area contributed by atoms with E-state index in [0.29, 0.717) is 17.5 Å². The number of likely N-dealkylation sites (tertiary alicyclic amines) is 1. The van der Waals surface area contributed by atoms with Gasteiger partial charge < -0.3 is 10.6 Å². The summed E-state index contributed by atoms with van der Waals surface area (Å²) in [7, 11) is 0. The van der Waals surface area contributed by atoms with Crippen LogP contribution in [-0.2, 0) is 11.2 Å². The molecule has 2 heterocycles. The first kappa shape index (κ1) is 16.0. The Morgan fingerprint density at radius 3 is 2.96 bits per heavy atom. The molecule has 1 atom stereocenters. The minimum Gasteiger partial charge on any atom is -0.375 e. The molecule has 1 saturated heterocycles. The lowest BCUT2D eigenvalue weighted by Crippen LogP contribution is -2.39. The van der Waals surface area contributed by atoms with Gasteiger partial charge in [-0.2, -0.15) is 0 Å². The zero-order chi connectivity index (χ0) is 16.4. The van der Waals surface area contributed by atoms with Crippen LogP contribution >= 0.6 is 11.3 Å². The van der Waals surface area contributed by atoms with Crippen molar-refractivity contribution in [1.82, 2.24) is 9.88 Å². The number of rotatable bonds is 3. The molecule has 2 aromatic rings. The number of benzene rings is 1. The number of anilines is 1. The van der Waals surface area contributed by atoms with E-state index < -0.39 is 0 Å². The summed E-state index contributed by atoms with van der Waals surface area (Å²) in [4.78, 5) is 19.8. The molecule has 1 aliphatic heterocycles. The smallest absolute Gasteiger partial charge is 0.227 e. The van der Waals surface area contributed by atoms with E-state index >= 15 is 0 Å². The van der Waals surface area contributed by atoms with E-state index in [1.807, 2.05) is 11.8 Å². The van der Waals surface area contributed by atoms with Crippen molar-refractivity contribution >= 4 is 22.4 Å². The Labute approximate surface area is 141 Å². The van der Waals surface area contributed by atoms with Crippen LogP contribution in [0.1, 0.15) is 40.5 Å². The van der Waals surface area contributed by atoms with Gasteiger partial charge in [-0.15, -0.1) is 11.3 Å². The summed E-state index contributed by atoms with van der Waals surface area (Å²) < 4.78 is 0. The van der Waals surface area contributed by atoms with Crippen molar-refractivity contribution in [2.45, 2.75) is 39.0 Å². The zero-order valence-corrected chi connectivity index (χ0v) is 14.5. The van der Waals surface area contributed by atoms with Crippen LogP contribution in [0.4, 0.5) is 5.13 Å². The molecule has 1 aliphatic rings. The van der Waals surface area contributed by atoms with Gasteiger partial charge in [0, 0.05) is 23.9 Å². The molecular weight excluding hydrogens is 306 g/mol. The predicted octanol–water partition coefficient (Wildman–Crippen LogP) is 3.29. The third kappa shape index (κ3) is 3.72. The molecule has 0 spiro atoms. The molecule has 122 valence electrons. The normalized spacial score (nSPS) is 18.2. The maximum absolute atomic E-state index is 12.6. The number of nitrogens with zero attached hydrogens (tertiary/aromatic N) is 2. The van der Waals surface area contributed by atoms with Gasteiger partial charge in [-0.3, -0.25) is 4.79 Å². The minimum absolute atomic E-state index is 0.189. The molecule has 0 radical (unpaired) electrons. The first-order valence-corrected chi connectivity index (χ1v) is 8.90. The number of hydrogen-bond acceptors (Lipinski definition) is 4. The second kappa shape index (κ2) is 6.71. The first-order valence-electron chi connectivity index (χ1n) is 8.09. The number of nitrogen functional groups attached to an aromatic ring is 1. The Morgan fingerprint density at radius 1 is 1.43 bits per heavy atom. The van der Waals surface area contributed by atoms with Crippen LogP contribution in [0, 0.1) is 13.8 Å². The van der Waals surface area contributed by atoms with Crippen molar-refractivity contribution in [2.75, 3.05) is 18.8 Å². The molecule has 1 fully saturated rings. The van der Waals surface area contributed by atoms with Crippen LogP contribution < -0.4 is 5.73 Å². The highest BCUT2D eigenvalue weighted by Gasteiger charge is 2.25. The van der Waals surface area contributed by atoms with Gasteiger partial charge in [0.2, 0.25) is 5.91 Å². The van der Waals surface area contributed by atoms with Gasteiger partial charge in [-0.05, 0) is 32.3 Å². The Kier molecular flexibility index (Phi) is 4.66. The van der Waals surface area contributed by atoms with Gasteiger partial charge in [-0.25, -0.2) is 4.98 Å². The number of carbonyl (C=O) groups excluding carboxylic acids is 1. The molecule has 2 N–H and O–H groups in total. The molecule has 3 rings (SSSR count). The second-order valence-corrected chi connectivity index (χ2v) is 7.45. The molecule has 0 aliphatic carbocycles. The van der Waals surface area contributed by atoms with E-state index in [1.165, 1.54) is 22.5 Å². The number of aromatic nitrogens is 1. The Balaban J connectivity index is 1.68. The summed E-state index contributed by atoms with van der Waals surface area (Å²) in [5.41, 5.74) is 9.24. The molecule has 23 heavy (non-hydrogen) atoms. The highest BCUT2D eigenvalue weighted by molar-refractivity contribution is 7.15. The topological polar surface area (TPSA) is 59.2 Å². The van der Waals surface area contributed by atoms with Crippen molar-refractivity contribution in [3.63, 3.8) is 0 Å². The van der Waals surface area contributed by atoms with Crippen molar-refractivity contribution in [3.8, 4) is 0 Å². The quantitative estimate of drug-likeness (QED) is 0.940. The summed E-state index contributed by atoms with van der Waals surface area (Å²) in [6, 6.07) is 8.65. The maximum atomic E-state index is 12.6. The van der Waals surface area contributed by atoms with Crippen LogP contribution in [0.5, 0.6) is 0 Å². The standard InChI is InChI=1S/C18H23N3OS/c1-12-5-3-6-14(9-12)15-7-4-8-21(11-15)17(22)10-16-13(2)20-18(19)23-16/h3,5-6,9,15H,4,7-8,10-11H2,1-2H3,(H2,19,20)/t15-/m0/s1. The monoisotopic (exact) mass is 329 g/mol. The van der Waals surface area contributed by atoms with Gasteiger partial charge in [-0.1, -0.05) is 29.8 Å². The fourth-order valence-corrected chi connectivity index (χ4v) is 4.09. The van der Waals surface area contributed by atoms with Crippen LogP contribution in [0.25, 0.3) is 0 Å². The fraction of sp³-hybridized carbons (Fsp3) is 0.444. The summed E-state index contributed by atoms with van der Waals surface area (Å²) in [6.07, 6.45) is 2.63. The molecule has 4 nitrogen and oxygen atoms in total. The fourth-order valence-electron chi connectivity index (χ4n) is 3.26. The number of carbonyl (C=O) groups is 1. The van der Waals surface area contributed by atoms with Crippen LogP contribution in [0.2, 0.25) is 0 Å². The Morgan fingerprint density at radius 2 is 2.26 bits per heavy atom. The summed E-state index contributed by atoms with van der Waals surface area (Å²) in [6.45, 7) is 5.71. The molecule has 5 heteroatoms. The molecule has 0 saturated carbocycles. The van der Waals surface area contributed by atoms with Gasteiger partial charge in [0.1, 0.15) is 0 Å². The zero-order valence-electron chi connectivity index (χ0n) is 13.7. The largest absolute Gasteiger partial charge is 0.375 e. The van der Waals surface area contributed by atoms with E-state index in [-0.39, 0.29) is 5.91 Å². The molecule has 0 unspecified atom stereocenters. The van der Waals surface area contributed by atoms with Crippen molar-refractivity contribution in [3.05, 3.63) is 46.0 Å². The number of nitrogens with two attached hydrogens (primary N) is 1. The Bertz CT molecular complexity index is 710. The van der Waals surface area contributed by atoms with E-state index in [1.54, 1.807) is 0 Å². The summed E-state index contributed by atoms with van der Waals surface area (Å²) in [5, 5.41) is 0.543. The average Bonchev–Trinajstić information content (AvgIpc) is 2.85. The number of piperidine rings is 1. The van der Waals surface area contributed by atoms with Crippen LogP contribution in [0.15, 0.2) is 24.3 Å². The summed E-state index contributed by atoms with van der Waals surface area (Å²) in [5.74, 6) is 0.634. The van der Waals surface area contributed by atoms with Gasteiger partial charge >= 0.3 is 0 Å². The minimum atomic E-state index is 0.189. The molecule has 1 amide bonds. The lowest BCUT2D eigenvalue weighted by Gasteiger charge is -2.33. The van der Waals surface area contributed by atoms with Crippen molar-refractivity contribution < 1.29 is 4.79 Å². The first-order chi connectivity index (χ1) is 11.0. The van der Waals surface area contributed by atoms with Crippen LogP contribution in [0.3, 0.4) is 0 Å². The van der Waals surface area contributed by atoms with E-state index in [4.69, 9.17) is 5.73 Å². The average molecular weight is 329 g/mol. The number of amides is 1.